The molecule has 1 unspecified atom stereocenters. The van der Waals surface area contributed by atoms with Crippen molar-refractivity contribution in [3.05, 3.63) is 16.1 Å². The van der Waals surface area contributed by atoms with Gasteiger partial charge in [-0.05, 0) is 38.3 Å². The molecule has 18 heavy (non-hydrogen) atoms. The van der Waals surface area contributed by atoms with Crippen molar-refractivity contribution >= 4 is 11.3 Å². The zero-order valence-electron chi connectivity index (χ0n) is 12.4. The Morgan fingerprint density at radius 2 is 2.11 bits per heavy atom. The zero-order valence-corrected chi connectivity index (χ0v) is 13.2. The SMILES string of the molecule is Cc1ncsc1CN(C)CC(CN)CC(C)(C)C. The predicted octanol–water partition coefficient (Wildman–Crippen LogP) is 2.89. The van der Waals surface area contributed by atoms with Gasteiger partial charge in [-0.1, -0.05) is 20.8 Å². The molecule has 0 radical (unpaired) electrons. The molecule has 1 rings (SSSR count). The smallest absolute Gasteiger partial charge is 0.0798 e. The van der Waals surface area contributed by atoms with Crippen molar-refractivity contribution < 1.29 is 0 Å². The lowest BCUT2D eigenvalue weighted by molar-refractivity contribution is 0.217. The van der Waals surface area contributed by atoms with Crippen LogP contribution in [0.25, 0.3) is 0 Å². The quantitative estimate of drug-likeness (QED) is 0.863. The zero-order chi connectivity index (χ0) is 13.8. The summed E-state index contributed by atoms with van der Waals surface area (Å²) in [5, 5.41) is 0. The molecule has 0 aliphatic carbocycles. The van der Waals surface area contributed by atoms with Gasteiger partial charge in [-0.25, -0.2) is 4.98 Å². The van der Waals surface area contributed by atoms with Gasteiger partial charge in [0.15, 0.2) is 0 Å². The first kappa shape index (κ1) is 15.6. The number of aromatic nitrogens is 1. The van der Waals surface area contributed by atoms with Gasteiger partial charge in [0.25, 0.3) is 0 Å². The highest BCUT2D eigenvalue weighted by atomic mass is 32.1. The van der Waals surface area contributed by atoms with Gasteiger partial charge in [0.1, 0.15) is 0 Å². The van der Waals surface area contributed by atoms with E-state index in [4.69, 9.17) is 5.73 Å². The summed E-state index contributed by atoms with van der Waals surface area (Å²) < 4.78 is 0. The summed E-state index contributed by atoms with van der Waals surface area (Å²) >= 11 is 1.74. The van der Waals surface area contributed by atoms with Crippen molar-refractivity contribution in [1.82, 2.24) is 9.88 Å². The Labute approximate surface area is 115 Å². The van der Waals surface area contributed by atoms with Crippen LogP contribution in [-0.4, -0.2) is 30.0 Å². The van der Waals surface area contributed by atoms with E-state index >= 15 is 0 Å². The normalized spacial score (nSPS) is 14.2. The molecule has 0 aliphatic rings. The van der Waals surface area contributed by atoms with Crippen LogP contribution in [0.3, 0.4) is 0 Å². The first-order valence-electron chi connectivity index (χ1n) is 6.59. The molecule has 0 bridgehead atoms. The molecule has 1 aromatic heterocycles. The maximum atomic E-state index is 5.90. The summed E-state index contributed by atoms with van der Waals surface area (Å²) in [7, 11) is 2.17. The molecule has 1 heterocycles. The van der Waals surface area contributed by atoms with Crippen LogP contribution in [0.1, 0.15) is 37.8 Å². The van der Waals surface area contributed by atoms with Crippen molar-refractivity contribution in [3.8, 4) is 0 Å². The molecule has 0 spiro atoms. The summed E-state index contributed by atoms with van der Waals surface area (Å²) in [6.45, 7) is 11.7. The monoisotopic (exact) mass is 269 g/mol. The molecule has 0 saturated heterocycles. The van der Waals surface area contributed by atoms with Crippen molar-refractivity contribution in [2.24, 2.45) is 17.1 Å². The number of thiazole rings is 1. The molecule has 0 aromatic carbocycles. The standard InChI is InChI=1S/C14H27N3S/c1-11-13(18-10-16-11)9-17(5)8-12(7-15)6-14(2,3)4/h10,12H,6-9,15H2,1-5H3. The van der Waals surface area contributed by atoms with Gasteiger partial charge in [-0.2, -0.15) is 0 Å². The van der Waals surface area contributed by atoms with Crippen molar-refractivity contribution in [3.63, 3.8) is 0 Å². The van der Waals surface area contributed by atoms with Crippen LogP contribution in [-0.2, 0) is 6.54 Å². The molecule has 0 fully saturated rings. The van der Waals surface area contributed by atoms with Gasteiger partial charge in [-0.15, -0.1) is 11.3 Å². The number of nitrogens with two attached hydrogens (primary N) is 1. The van der Waals surface area contributed by atoms with Gasteiger partial charge in [0.05, 0.1) is 11.2 Å². The van der Waals surface area contributed by atoms with Crippen LogP contribution in [0.15, 0.2) is 5.51 Å². The fourth-order valence-electron chi connectivity index (χ4n) is 2.32. The highest BCUT2D eigenvalue weighted by molar-refractivity contribution is 7.09. The molecule has 0 amide bonds. The molecule has 1 aromatic rings. The summed E-state index contributed by atoms with van der Waals surface area (Å²) in [6.07, 6.45) is 1.18. The molecule has 3 nitrogen and oxygen atoms in total. The summed E-state index contributed by atoms with van der Waals surface area (Å²) in [4.78, 5) is 8.03. The highest BCUT2D eigenvalue weighted by Gasteiger charge is 2.19. The Kier molecular flexibility index (Phi) is 5.76. The third-order valence-electron chi connectivity index (χ3n) is 3.06. The lowest BCUT2D eigenvalue weighted by Gasteiger charge is -2.28. The van der Waals surface area contributed by atoms with E-state index < -0.39 is 0 Å². The predicted molar refractivity (Wildman–Crippen MR) is 79.8 cm³/mol. The van der Waals surface area contributed by atoms with Crippen LogP contribution >= 0.6 is 11.3 Å². The fourth-order valence-corrected chi connectivity index (χ4v) is 3.17. The first-order chi connectivity index (χ1) is 8.31. The van der Waals surface area contributed by atoms with E-state index in [1.807, 2.05) is 5.51 Å². The van der Waals surface area contributed by atoms with Gasteiger partial charge in [0, 0.05) is 18.0 Å². The molecule has 0 saturated carbocycles. The summed E-state index contributed by atoms with van der Waals surface area (Å²) in [5.41, 5.74) is 9.33. The second-order valence-corrected chi connectivity index (χ2v) is 7.36. The summed E-state index contributed by atoms with van der Waals surface area (Å²) in [6, 6.07) is 0. The molecule has 0 aliphatic heterocycles. The van der Waals surface area contributed by atoms with Crippen LogP contribution in [0.4, 0.5) is 0 Å². The molecule has 1 atom stereocenters. The highest BCUT2D eigenvalue weighted by Crippen LogP contribution is 2.25. The topological polar surface area (TPSA) is 42.2 Å². The minimum atomic E-state index is 0.352. The van der Waals surface area contributed by atoms with E-state index in [-0.39, 0.29) is 0 Å². The van der Waals surface area contributed by atoms with E-state index in [2.05, 4.69) is 44.6 Å². The van der Waals surface area contributed by atoms with Crippen LogP contribution < -0.4 is 5.73 Å². The van der Waals surface area contributed by atoms with Crippen molar-refractivity contribution in [1.29, 1.82) is 0 Å². The Morgan fingerprint density at radius 3 is 2.56 bits per heavy atom. The maximum absolute atomic E-state index is 5.90. The first-order valence-corrected chi connectivity index (χ1v) is 7.47. The van der Waals surface area contributed by atoms with E-state index in [9.17, 15) is 0 Å². The average molecular weight is 269 g/mol. The fraction of sp³-hybridized carbons (Fsp3) is 0.786. The van der Waals surface area contributed by atoms with E-state index in [0.29, 0.717) is 11.3 Å². The van der Waals surface area contributed by atoms with Gasteiger partial charge >= 0.3 is 0 Å². The van der Waals surface area contributed by atoms with Crippen LogP contribution in [0.5, 0.6) is 0 Å². The number of rotatable bonds is 6. The number of hydrogen-bond donors (Lipinski definition) is 1. The molecule has 4 heteroatoms. The lowest BCUT2D eigenvalue weighted by atomic mass is 9.84. The Morgan fingerprint density at radius 1 is 1.44 bits per heavy atom. The Hall–Kier alpha value is -0.450. The minimum Gasteiger partial charge on any atom is -0.330 e. The van der Waals surface area contributed by atoms with E-state index in [1.54, 1.807) is 11.3 Å². The number of aryl methyl sites for hydroxylation is 1. The molecular formula is C14H27N3S. The number of nitrogens with zero attached hydrogens (tertiary/aromatic N) is 2. The average Bonchev–Trinajstić information content (AvgIpc) is 2.61. The molecular weight excluding hydrogens is 242 g/mol. The Bertz CT molecular complexity index is 354. The third-order valence-corrected chi connectivity index (χ3v) is 3.98. The van der Waals surface area contributed by atoms with E-state index in [0.717, 1.165) is 25.3 Å². The lowest BCUT2D eigenvalue weighted by Crippen LogP contribution is -2.32. The second kappa shape index (κ2) is 6.64. The third kappa shape index (κ3) is 5.46. The van der Waals surface area contributed by atoms with Gasteiger partial charge in [-0.3, -0.25) is 0 Å². The van der Waals surface area contributed by atoms with Crippen LogP contribution in [0.2, 0.25) is 0 Å². The summed E-state index contributed by atoms with van der Waals surface area (Å²) in [5.74, 6) is 0.572. The minimum absolute atomic E-state index is 0.352. The maximum Gasteiger partial charge on any atom is 0.0798 e. The van der Waals surface area contributed by atoms with Crippen LogP contribution in [0, 0.1) is 18.3 Å². The molecule has 2 N–H and O–H groups in total. The van der Waals surface area contributed by atoms with Crippen molar-refractivity contribution in [2.75, 3.05) is 20.1 Å². The number of hydrogen-bond acceptors (Lipinski definition) is 4. The van der Waals surface area contributed by atoms with Gasteiger partial charge < -0.3 is 10.6 Å². The Balaban J connectivity index is 2.47. The van der Waals surface area contributed by atoms with Crippen molar-refractivity contribution in [2.45, 2.75) is 40.7 Å². The largest absolute Gasteiger partial charge is 0.330 e. The van der Waals surface area contributed by atoms with E-state index in [1.165, 1.54) is 11.3 Å². The second-order valence-electron chi connectivity index (χ2n) is 6.42. The molecule has 104 valence electrons. The van der Waals surface area contributed by atoms with Gasteiger partial charge in [0.2, 0.25) is 0 Å².